The van der Waals surface area contributed by atoms with Crippen LogP contribution in [0.1, 0.15) is 12.8 Å². The minimum absolute atomic E-state index is 0.0418. The number of carbonyl (C=O) groups excluding carboxylic acids is 1. The predicted octanol–water partition coefficient (Wildman–Crippen LogP) is 1.96. The first kappa shape index (κ1) is 9.33. The number of fused-ring (bicyclic) bond motifs is 3. The maximum Gasteiger partial charge on any atom is 0.248 e. The lowest BCUT2D eigenvalue weighted by Crippen LogP contribution is -2.32. The van der Waals surface area contributed by atoms with Crippen LogP contribution in [-0.2, 0) is 4.79 Å². The first-order chi connectivity index (χ1) is 7.84. The zero-order chi connectivity index (χ0) is 11.0. The Morgan fingerprint density at radius 1 is 1.38 bits per heavy atom. The highest BCUT2D eigenvalue weighted by Crippen LogP contribution is 2.25. The van der Waals surface area contributed by atoms with Crippen molar-refractivity contribution in [3.05, 3.63) is 48.4 Å². The quantitative estimate of drug-likeness (QED) is 0.615. The Balaban J connectivity index is 2.07. The largest absolute Gasteiger partial charge is 0.339 e. The van der Waals surface area contributed by atoms with Crippen molar-refractivity contribution >= 4 is 11.6 Å². The molecule has 0 radical (unpaired) electrons. The highest BCUT2D eigenvalue weighted by Gasteiger charge is 2.27. The van der Waals surface area contributed by atoms with Gasteiger partial charge in [0, 0.05) is 6.20 Å². The molecule has 0 aromatic heterocycles. The van der Waals surface area contributed by atoms with Crippen LogP contribution in [0.4, 0.5) is 0 Å². The Bertz CT molecular complexity index is 480. The first-order valence-corrected chi connectivity index (χ1v) is 5.46. The molecule has 1 aliphatic carbocycles. The van der Waals surface area contributed by atoms with Crippen LogP contribution in [0.2, 0.25) is 0 Å². The number of amides is 1. The molecular weight excluding hydrogens is 200 g/mol. The van der Waals surface area contributed by atoms with Crippen molar-refractivity contribution in [2.75, 3.05) is 0 Å². The summed E-state index contributed by atoms with van der Waals surface area (Å²) >= 11 is 0. The zero-order valence-corrected chi connectivity index (χ0v) is 8.84. The third-order valence-corrected chi connectivity index (χ3v) is 2.94. The van der Waals surface area contributed by atoms with Crippen LogP contribution in [0.15, 0.2) is 53.3 Å². The molecule has 3 aliphatic rings. The molecular formula is C13H12N2O. The number of aliphatic imine (C=N–C) groups is 1. The molecule has 1 amide bonds. The summed E-state index contributed by atoms with van der Waals surface area (Å²) in [5, 5.41) is 0. The summed E-state index contributed by atoms with van der Waals surface area (Å²) in [6, 6.07) is 0.122. The third kappa shape index (κ3) is 1.45. The Kier molecular flexibility index (Phi) is 2.10. The van der Waals surface area contributed by atoms with E-state index in [0.29, 0.717) is 6.42 Å². The normalized spacial score (nSPS) is 26.9. The first-order valence-electron chi connectivity index (χ1n) is 5.46. The van der Waals surface area contributed by atoms with Gasteiger partial charge in [-0.3, -0.25) is 4.79 Å². The van der Waals surface area contributed by atoms with Gasteiger partial charge in [0.1, 0.15) is 0 Å². The molecule has 80 valence electrons. The number of hydrogen-bond donors (Lipinski definition) is 0. The van der Waals surface area contributed by atoms with Gasteiger partial charge in [0.15, 0.2) is 0 Å². The molecule has 3 heteroatoms. The lowest BCUT2D eigenvalue weighted by molar-refractivity contribution is -0.118. The fourth-order valence-corrected chi connectivity index (χ4v) is 2.20. The topological polar surface area (TPSA) is 32.7 Å². The van der Waals surface area contributed by atoms with Crippen molar-refractivity contribution in [2.45, 2.75) is 18.9 Å². The number of hydrogen-bond acceptors (Lipinski definition) is 2. The SMILES string of the molecule is O=C1CC2C=CC=CN2C2=CCC=CC2=N1. The summed E-state index contributed by atoms with van der Waals surface area (Å²) in [5.74, 6) is -0.0418. The number of carbonyl (C=O) groups is 1. The molecule has 0 spiro atoms. The van der Waals surface area contributed by atoms with E-state index in [9.17, 15) is 4.79 Å². The lowest BCUT2D eigenvalue weighted by atomic mass is 10.1. The summed E-state index contributed by atoms with van der Waals surface area (Å²) in [6.45, 7) is 0. The van der Waals surface area contributed by atoms with Gasteiger partial charge in [-0.15, -0.1) is 0 Å². The average molecular weight is 212 g/mol. The van der Waals surface area contributed by atoms with E-state index in [1.807, 2.05) is 30.5 Å². The highest BCUT2D eigenvalue weighted by molar-refractivity contribution is 6.14. The smallest absolute Gasteiger partial charge is 0.248 e. The van der Waals surface area contributed by atoms with Crippen LogP contribution < -0.4 is 0 Å². The Morgan fingerprint density at radius 3 is 3.25 bits per heavy atom. The monoisotopic (exact) mass is 212 g/mol. The third-order valence-electron chi connectivity index (χ3n) is 2.94. The zero-order valence-electron chi connectivity index (χ0n) is 8.84. The van der Waals surface area contributed by atoms with Gasteiger partial charge < -0.3 is 4.90 Å². The number of allylic oxidation sites excluding steroid dienone is 5. The summed E-state index contributed by atoms with van der Waals surface area (Å²) < 4.78 is 0. The molecule has 0 aromatic rings. The minimum Gasteiger partial charge on any atom is -0.339 e. The molecule has 2 aliphatic heterocycles. The average Bonchev–Trinajstić information content (AvgIpc) is 2.44. The van der Waals surface area contributed by atoms with Crippen molar-refractivity contribution < 1.29 is 4.79 Å². The van der Waals surface area contributed by atoms with E-state index in [2.05, 4.69) is 22.0 Å². The molecule has 3 nitrogen and oxygen atoms in total. The van der Waals surface area contributed by atoms with Crippen molar-refractivity contribution in [3.8, 4) is 0 Å². The predicted molar refractivity (Wildman–Crippen MR) is 62.8 cm³/mol. The molecule has 0 bridgehead atoms. The number of rotatable bonds is 0. The van der Waals surface area contributed by atoms with Crippen LogP contribution in [0, 0.1) is 0 Å². The van der Waals surface area contributed by atoms with E-state index >= 15 is 0 Å². The summed E-state index contributed by atoms with van der Waals surface area (Å²) in [7, 11) is 0. The molecule has 2 heterocycles. The Morgan fingerprint density at radius 2 is 2.31 bits per heavy atom. The Hall–Kier alpha value is -1.90. The van der Waals surface area contributed by atoms with E-state index in [4.69, 9.17) is 0 Å². The number of nitrogens with zero attached hydrogens (tertiary/aromatic N) is 2. The molecule has 1 unspecified atom stereocenters. The maximum atomic E-state index is 11.7. The summed E-state index contributed by atoms with van der Waals surface area (Å²) in [4.78, 5) is 17.9. The van der Waals surface area contributed by atoms with Crippen molar-refractivity contribution in [3.63, 3.8) is 0 Å². The second-order valence-corrected chi connectivity index (χ2v) is 4.02. The van der Waals surface area contributed by atoms with E-state index in [1.54, 1.807) is 0 Å². The lowest BCUT2D eigenvalue weighted by Gasteiger charge is -2.30. The molecule has 0 N–H and O–H groups in total. The van der Waals surface area contributed by atoms with E-state index in [1.165, 1.54) is 0 Å². The highest BCUT2D eigenvalue weighted by atomic mass is 16.1. The van der Waals surface area contributed by atoms with Crippen molar-refractivity contribution in [1.82, 2.24) is 4.90 Å². The van der Waals surface area contributed by atoms with Crippen LogP contribution in [0.5, 0.6) is 0 Å². The van der Waals surface area contributed by atoms with Gasteiger partial charge in [0.25, 0.3) is 0 Å². The van der Waals surface area contributed by atoms with Gasteiger partial charge in [-0.05, 0) is 18.6 Å². The minimum atomic E-state index is -0.0418. The van der Waals surface area contributed by atoms with Crippen LogP contribution in [0.25, 0.3) is 0 Å². The van der Waals surface area contributed by atoms with E-state index in [0.717, 1.165) is 17.8 Å². The van der Waals surface area contributed by atoms with Gasteiger partial charge in [0.05, 0.1) is 23.9 Å². The van der Waals surface area contributed by atoms with E-state index in [-0.39, 0.29) is 11.9 Å². The maximum absolute atomic E-state index is 11.7. The van der Waals surface area contributed by atoms with Crippen LogP contribution >= 0.6 is 0 Å². The van der Waals surface area contributed by atoms with Crippen LogP contribution in [-0.4, -0.2) is 22.6 Å². The molecule has 1 atom stereocenters. The second kappa shape index (κ2) is 3.59. The molecule has 16 heavy (non-hydrogen) atoms. The van der Waals surface area contributed by atoms with Gasteiger partial charge in [-0.1, -0.05) is 24.3 Å². The fourth-order valence-electron chi connectivity index (χ4n) is 2.20. The summed E-state index contributed by atoms with van der Waals surface area (Å²) in [5.41, 5.74) is 1.85. The van der Waals surface area contributed by atoms with Crippen molar-refractivity contribution in [2.24, 2.45) is 4.99 Å². The molecule has 0 fully saturated rings. The van der Waals surface area contributed by atoms with Crippen LogP contribution in [0.3, 0.4) is 0 Å². The van der Waals surface area contributed by atoms with Gasteiger partial charge in [-0.25, -0.2) is 4.99 Å². The van der Waals surface area contributed by atoms with Gasteiger partial charge >= 0.3 is 0 Å². The summed E-state index contributed by atoms with van der Waals surface area (Å²) in [6.07, 6.45) is 15.5. The second-order valence-electron chi connectivity index (χ2n) is 4.02. The standard InChI is InChI=1S/C13H12N2O/c16-13-9-10-5-3-4-8-15(10)12-7-2-1-6-11(12)14-13/h1,3-8,10H,2,9H2. The van der Waals surface area contributed by atoms with E-state index < -0.39 is 0 Å². The van der Waals surface area contributed by atoms with Gasteiger partial charge in [-0.2, -0.15) is 0 Å². The molecule has 0 saturated heterocycles. The molecule has 3 rings (SSSR count). The van der Waals surface area contributed by atoms with Crippen molar-refractivity contribution in [1.29, 1.82) is 0 Å². The molecule has 0 aromatic carbocycles. The van der Waals surface area contributed by atoms with Gasteiger partial charge in [0.2, 0.25) is 5.91 Å². The molecule has 0 saturated carbocycles. The Labute approximate surface area is 94.2 Å². The fraction of sp³-hybridized carbons (Fsp3) is 0.231.